The first-order valence-corrected chi connectivity index (χ1v) is 12.8. The fraction of sp³-hybridized carbons (Fsp3) is 0.300. The lowest BCUT2D eigenvalue weighted by molar-refractivity contribution is 0.0766. The van der Waals surface area contributed by atoms with E-state index in [1.54, 1.807) is 29.2 Å². The monoisotopic (exact) mass is 510 g/mol. The molecule has 8 heteroatoms. The molecular formula is C30H30N4O4. The zero-order valence-corrected chi connectivity index (χ0v) is 21.2. The van der Waals surface area contributed by atoms with E-state index in [9.17, 15) is 14.7 Å². The number of nitrogens with zero attached hydrogens (tertiary/aromatic N) is 2. The first kappa shape index (κ1) is 25.5. The fourth-order valence-corrected chi connectivity index (χ4v) is 5.07. The summed E-state index contributed by atoms with van der Waals surface area (Å²) in [4.78, 5) is 28.0. The lowest BCUT2D eigenvalue weighted by atomic mass is 9.93. The summed E-state index contributed by atoms with van der Waals surface area (Å²) in [5, 5.41) is 26.0. The van der Waals surface area contributed by atoms with Gasteiger partial charge < -0.3 is 25.4 Å². The van der Waals surface area contributed by atoms with E-state index in [1.807, 2.05) is 31.2 Å². The molecule has 3 N–H and O–H groups in total. The number of hydrogen-bond acceptors (Lipinski definition) is 6. The minimum Gasteiger partial charge on any atom is -0.493 e. The Bertz CT molecular complexity index is 1400. The largest absolute Gasteiger partial charge is 0.493 e. The number of nitrogens with one attached hydrogen (secondary N) is 2. The van der Waals surface area contributed by atoms with E-state index in [2.05, 4.69) is 28.8 Å². The number of aliphatic hydroxyl groups excluding tert-OH is 1. The Kier molecular flexibility index (Phi) is 7.40. The van der Waals surface area contributed by atoms with Crippen LogP contribution in [0.4, 0.5) is 0 Å². The number of hydrogen-bond donors (Lipinski definition) is 3. The summed E-state index contributed by atoms with van der Waals surface area (Å²) in [6.45, 7) is 3.70. The van der Waals surface area contributed by atoms with E-state index in [0.29, 0.717) is 55.1 Å². The van der Waals surface area contributed by atoms with E-state index >= 15 is 0 Å². The second-order valence-corrected chi connectivity index (χ2v) is 9.65. The molecule has 0 saturated heterocycles. The van der Waals surface area contributed by atoms with Gasteiger partial charge in [0.1, 0.15) is 5.75 Å². The lowest BCUT2D eigenvalue weighted by Crippen LogP contribution is -2.49. The number of amides is 2. The summed E-state index contributed by atoms with van der Waals surface area (Å²) >= 11 is 0. The fourth-order valence-electron chi connectivity index (χ4n) is 5.07. The number of aliphatic hydroxyl groups is 1. The third kappa shape index (κ3) is 5.25. The van der Waals surface area contributed by atoms with Crippen molar-refractivity contribution in [3.05, 3.63) is 99.6 Å². The highest BCUT2D eigenvalue weighted by Gasteiger charge is 2.31. The highest BCUT2D eigenvalue weighted by molar-refractivity contribution is 6.03. The van der Waals surface area contributed by atoms with Gasteiger partial charge in [-0.25, -0.2) is 0 Å². The molecule has 8 nitrogen and oxygen atoms in total. The van der Waals surface area contributed by atoms with Crippen LogP contribution in [0, 0.1) is 11.3 Å². The summed E-state index contributed by atoms with van der Waals surface area (Å²) in [6.07, 6.45) is -0.0743. The van der Waals surface area contributed by atoms with E-state index < -0.39 is 6.10 Å². The highest BCUT2D eigenvalue weighted by Crippen LogP contribution is 2.31. The topological polar surface area (TPSA) is 115 Å². The number of nitriles is 1. The molecule has 5 rings (SSSR count). The summed E-state index contributed by atoms with van der Waals surface area (Å²) in [5.74, 6) is -0.141. The maximum Gasteiger partial charge on any atom is 0.255 e. The zero-order chi connectivity index (χ0) is 26.6. The summed E-state index contributed by atoms with van der Waals surface area (Å²) in [7, 11) is 0. The summed E-state index contributed by atoms with van der Waals surface area (Å²) in [6, 6.07) is 20.6. The molecule has 2 atom stereocenters. The van der Waals surface area contributed by atoms with Crippen molar-refractivity contribution in [1.29, 1.82) is 5.26 Å². The van der Waals surface area contributed by atoms with Crippen molar-refractivity contribution >= 4 is 11.8 Å². The minimum absolute atomic E-state index is 0.0884. The Balaban J connectivity index is 1.27. The highest BCUT2D eigenvalue weighted by atomic mass is 16.5. The molecule has 0 spiro atoms. The number of carbonyl (C=O) groups excluding carboxylic acids is 2. The average Bonchev–Trinajstić information content (AvgIpc) is 3.25. The van der Waals surface area contributed by atoms with Crippen LogP contribution in [0.3, 0.4) is 0 Å². The van der Waals surface area contributed by atoms with Gasteiger partial charge in [-0.3, -0.25) is 9.59 Å². The smallest absolute Gasteiger partial charge is 0.255 e. The number of rotatable bonds is 8. The Hall–Kier alpha value is -4.19. The molecule has 0 saturated carbocycles. The van der Waals surface area contributed by atoms with Gasteiger partial charge in [0.25, 0.3) is 11.8 Å². The summed E-state index contributed by atoms with van der Waals surface area (Å²) in [5.41, 5.74) is 5.52. The van der Waals surface area contributed by atoms with E-state index in [0.717, 1.165) is 11.1 Å². The van der Waals surface area contributed by atoms with Crippen LogP contribution in [-0.2, 0) is 26.1 Å². The Labute approximate surface area is 221 Å². The normalized spacial score (nSPS) is 16.8. The third-order valence-corrected chi connectivity index (χ3v) is 7.13. The standard InChI is InChI=1S/C30H30N4O4/c1-2-38-28-13-24-23(18-34(30(24)37)17-20-9-7-19(14-31)8-10-20)11-25(28)29(36)33-16-27(35)26-12-21-5-3-4-6-22(21)15-32-26/h3-11,13,26-27,32,35H,2,12,15-18H2,1H3,(H,33,36)/t26-,27+/m0/s1. The van der Waals surface area contributed by atoms with Gasteiger partial charge in [-0.2, -0.15) is 5.26 Å². The molecule has 0 aliphatic carbocycles. The first-order chi connectivity index (χ1) is 18.5. The molecular weight excluding hydrogens is 480 g/mol. The van der Waals surface area contributed by atoms with Crippen molar-refractivity contribution in [2.75, 3.05) is 13.2 Å². The molecule has 2 aliphatic rings. The summed E-state index contributed by atoms with van der Waals surface area (Å²) < 4.78 is 5.74. The van der Waals surface area contributed by atoms with Gasteiger partial charge in [0.2, 0.25) is 0 Å². The zero-order valence-electron chi connectivity index (χ0n) is 21.2. The first-order valence-electron chi connectivity index (χ1n) is 12.8. The van der Waals surface area contributed by atoms with E-state index in [4.69, 9.17) is 10.00 Å². The second kappa shape index (κ2) is 11.1. The predicted octanol–water partition coefficient (Wildman–Crippen LogP) is 2.92. The van der Waals surface area contributed by atoms with Crippen LogP contribution in [0.15, 0.2) is 60.7 Å². The molecule has 2 amide bonds. The molecule has 2 heterocycles. The van der Waals surface area contributed by atoms with Gasteiger partial charge in [0, 0.05) is 37.8 Å². The molecule has 3 aromatic rings. The van der Waals surface area contributed by atoms with Crippen LogP contribution in [0.5, 0.6) is 5.75 Å². The van der Waals surface area contributed by atoms with Gasteiger partial charge in [-0.05, 0) is 59.9 Å². The minimum atomic E-state index is -0.762. The molecule has 0 unspecified atom stereocenters. The van der Waals surface area contributed by atoms with Gasteiger partial charge in [-0.15, -0.1) is 0 Å². The molecule has 38 heavy (non-hydrogen) atoms. The van der Waals surface area contributed by atoms with Gasteiger partial charge in [0.05, 0.1) is 29.9 Å². The van der Waals surface area contributed by atoms with Gasteiger partial charge >= 0.3 is 0 Å². The van der Waals surface area contributed by atoms with Crippen LogP contribution in [-0.4, -0.2) is 47.1 Å². The number of benzene rings is 3. The number of ether oxygens (including phenoxy) is 1. The van der Waals surface area contributed by atoms with Crippen molar-refractivity contribution in [2.24, 2.45) is 0 Å². The molecule has 0 bridgehead atoms. The van der Waals surface area contributed by atoms with Crippen LogP contribution in [0.1, 0.15) is 55.5 Å². The second-order valence-electron chi connectivity index (χ2n) is 9.65. The predicted molar refractivity (Wildman–Crippen MR) is 141 cm³/mol. The number of carbonyl (C=O) groups is 2. The Morgan fingerprint density at radius 1 is 1.18 bits per heavy atom. The van der Waals surface area contributed by atoms with Crippen LogP contribution < -0.4 is 15.4 Å². The number of fused-ring (bicyclic) bond motifs is 2. The molecule has 3 aromatic carbocycles. The maximum atomic E-state index is 13.2. The SMILES string of the molecule is CCOc1cc2c(cc1C(=O)NC[C@@H](O)[C@@H]1Cc3ccccc3CN1)CN(Cc1ccc(C#N)cc1)C2=O. The molecule has 2 aliphatic heterocycles. The average molecular weight is 511 g/mol. The molecule has 0 fully saturated rings. The van der Waals surface area contributed by atoms with Crippen molar-refractivity contribution in [3.63, 3.8) is 0 Å². The lowest BCUT2D eigenvalue weighted by Gasteiger charge is -2.30. The quantitative estimate of drug-likeness (QED) is 0.429. The van der Waals surface area contributed by atoms with Gasteiger partial charge in [0.15, 0.2) is 0 Å². The molecule has 0 aromatic heterocycles. The van der Waals surface area contributed by atoms with Gasteiger partial charge in [-0.1, -0.05) is 36.4 Å². The van der Waals surface area contributed by atoms with Crippen molar-refractivity contribution in [3.8, 4) is 11.8 Å². The Morgan fingerprint density at radius 3 is 2.68 bits per heavy atom. The maximum absolute atomic E-state index is 13.2. The van der Waals surface area contributed by atoms with E-state index in [-0.39, 0.29) is 24.4 Å². The third-order valence-electron chi connectivity index (χ3n) is 7.13. The van der Waals surface area contributed by atoms with Crippen LogP contribution in [0.2, 0.25) is 0 Å². The van der Waals surface area contributed by atoms with Crippen LogP contribution >= 0.6 is 0 Å². The molecule has 194 valence electrons. The van der Waals surface area contributed by atoms with Crippen molar-refractivity contribution in [2.45, 2.75) is 45.1 Å². The van der Waals surface area contributed by atoms with Crippen molar-refractivity contribution < 1.29 is 19.4 Å². The van der Waals surface area contributed by atoms with Crippen molar-refractivity contribution in [1.82, 2.24) is 15.5 Å². The van der Waals surface area contributed by atoms with Crippen LogP contribution in [0.25, 0.3) is 0 Å². The Morgan fingerprint density at radius 2 is 1.95 bits per heavy atom. The van der Waals surface area contributed by atoms with E-state index in [1.165, 1.54) is 11.1 Å². The molecule has 0 radical (unpaired) electrons.